The second-order valence-corrected chi connectivity index (χ2v) is 8.60. The molecule has 1 aliphatic heterocycles. The first-order chi connectivity index (χ1) is 14.7. The molecule has 31 heavy (non-hydrogen) atoms. The van der Waals surface area contributed by atoms with Crippen LogP contribution in [0.3, 0.4) is 0 Å². The maximum atomic E-state index is 15.2. The van der Waals surface area contributed by atoms with E-state index in [2.05, 4.69) is 9.98 Å². The summed E-state index contributed by atoms with van der Waals surface area (Å²) in [5, 5.41) is 0.00359. The Kier molecular flexibility index (Phi) is 5.36. The molecule has 0 aliphatic carbocycles. The van der Waals surface area contributed by atoms with Crippen LogP contribution in [-0.2, 0) is 16.6 Å². The molecule has 0 saturated heterocycles. The van der Waals surface area contributed by atoms with Crippen molar-refractivity contribution in [3.8, 4) is 17.0 Å². The molecule has 0 unspecified atom stereocenters. The van der Waals surface area contributed by atoms with Gasteiger partial charge in [-0.1, -0.05) is 23.7 Å². The number of sulfonamides is 1. The van der Waals surface area contributed by atoms with Crippen molar-refractivity contribution in [3.05, 3.63) is 70.1 Å². The highest BCUT2D eigenvalue weighted by Gasteiger charge is 2.27. The quantitative estimate of drug-likeness (QED) is 0.596. The Hall–Kier alpha value is -3.11. The number of aliphatic imine (C=N–C) groups is 1. The van der Waals surface area contributed by atoms with Crippen LogP contribution in [0.4, 0.5) is 18.9 Å². The first-order valence-corrected chi connectivity index (χ1v) is 10.6. The minimum absolute atomic E-state index is 0.00359. The molecular weight excluding hydrogens is 455 g/mol. The second-order valence-electron chi connectivity index (χ2n) is 6.52. The third kappa shape index (κ3) is 3.72. The van der Waals surface area contributed by atoms with Gasteiger partial charge in [-0.05, 0) is 18.2 Å². The number of benzene rings is 2. The molecule has 0 bridgehead atoms. The molecule has 160 valence electrons. The Morgan fingerprint density at radius 1 is 1.13 bits per heavy atom. The molecule has 0 spiro atoms. The van der Waals surface area contributed by atoms with E-state index in [1.165, 1.54) is 31.7 Å². The number of ether oxygens (including phenoxy) is 1. The number of fused-ring (bicyclic) bond motifs is 1. The van der Waals surface area contributed by atoms with Crippen LogP contribution in [0.2, 0.25) is 5.02 Å². The molecule has 2 aromatic carbocycles. The number of halogens is 4. The van der Waals surface area contributed by atoms with Gasteiger partial charge in [0.15, 0.2) is 10.7 Å². The summed E-state index contributed by atoms with van der Waals surface area (Å²) in [5.41, 5.74) is -0.919. The topological polar surface area (TPSA) is 80.6 Å². The predicted molar refractivity (Wildman–Crippen MR) is 110 cm³/mol. The van der Waals surface area contributed by atoms with E-state index in [1.54, 1.807) is 0 Å². The molecule has 6 nitrogen and oxygen atoms in total. The Morgan fingerprint density at radius 2 is 1.90 bits per heavy atom. The van der Waals surface area contributed by atoms with Crippen LogP contribution >= 0.6 is 11.6 Å². The number of rotatable bonds is 5. The van der Waals surface area contributed by atoms with Crippen LogP contribution in [0.25, 0.3) is 11.1 Å². The zero-order chi connectivity index (χ0) is 22.3. The highest BCUT2D eigenvalue weighted by Crippen LogP contribution is 2.36. The van der Waals surface area contributed by atoms with E-state index in [4.69, 9.17) is 16.3 Å². The Labute approximate surface area is 180 Å². The van der Waals surface area contributed by atoms with Crippen LogP contribution in [0.15, 0.2) is 46.4 Å². The van der Waals surface area contributed by atoms with Gasteiger partial charge in [-0.15, -0.1) is 0 Å². The van der Waals surface area contributed by atoms with Gasteiger partial charge in [0.05, 0.1) is 29.9 Å². The van der Waals surface area contributed by atoms with Gasteiger partial charge in [0.2, 0.25) is 5.88 Å². The Bertz CT molecular complexity index is 1350. The van der Waals surface area contributed by atoms with E-state index in [0.717, 1.165) is 18.2 Å². The first-order valence-electron chi connectivity index (χ1n) is 8.75. The van der Waals surface area contributed by atoms with E-state index < -0.39 is 43.6 Å². The standard InChI is InChI=1S/C20H13ClF3N3O3S/c1-30-20-16(6-11(21)8-26-20)31(28,29)27-15-5-4-14(22)17(19(15)24)12-3-2-10-7-25-9-13(10)18(12)23/h2-8,27H,9H2,1H3. The van der Waals surface area contributed by atoms with Gasteiger partial charge in [0, 0.05) is 29.1 Å². The number of hydrogen-bond acceptors (Lipinski definition) is 5. The van der Waals surface area contributed by atoms with Crippen molar-refractivity contribution in [2.24, 2.45) is 4.99 Å². The second kappa shape index (κ2) is 7.86. The Morgan fingerprint density at radius 3 is 2.65 bits per heavy atom. The number of nitrogens with one attached hydrogen (secondary N) is 1. The van der Waals surface area contributed by atoms with E-state index in [1.807, 2.05) is 4.72 Å². The first kappa shape index (κ1) is 21.1. The van der Waals surface area contributed by atoms with Crippen molar-refractivity contribution in [3.63, 3.8) is 0 Å². The molecule has 0 amide bonds. The van der Waals surface area contributed by atoms with Crippen LogP contribution in [-0.4, -0.2) is 26.7 Å². The van der Waals surface area contributed by atoms with Crippen LogP contribution in [0.1, 0.15) is 11.1 Å². The third-order valence-electron chi connectivity index (χ3n) is 4.63. The number of pyridine rings is 1. The summed E-state index contributed by atoms with van der Waals surface area (Å²) in [6.07, 6.45) is 2.64. The van der Waals surface area contributed by atoms with Crippen molar-refractivity contribution >= 4 is 33.5 Å². The smallest absolute Gasteiger partial charge is 0.267 e. The normalized spacial score (nSPS) is 12.7. The fraction of sp³-hybridized carbons (Fsp3) is 0.100. The minimum atomic E-state index is -4.43. The van der Waals surface area contributed by atoms with Gasteiger partial charge >= 0.3 is 0 Å². The average molecular weight is 468 g/mol. The highest BCUT2D eigenvalue weighted by molar-refractivity contribution is 7.92. The zero-order valence-electron chi connectivity index (χ0n) is 15.8. The summed E-state index contributed by atoms with van der Waals surface area (Å²) in [6, 6.07) is 5.51. The van der Waals surface area contributed by atoms with Gasteiger partial charge in [-0.2, -0.15) is 0 Å². The van der Waals surface area contributed by atoms with Crippen molar-refractivity contribution in [1.82, 2.24) is 4.98 Å². The number of aromatic nitrogens is 1. The monoisotopic (exact) mass is 467 g/mol. The predicted octanol–water partition coefficient (Wildman–Crippen LogP) is 4.56. The molecule has 1 aliphatic rings. The van der Waals surface area contributed by atoms with Crippen molar-refractivity contribution in [2.75, 3.05) is 11.8 Å². The summed E-state index contributed by atoms with van der Waals surface area (Å²) in [7, 11) is -3.23. The molecule has 0 fully saturated rings. The molecule has 1 aromatic heterocycles. The van der Waals surface area contributed by atoms with Gasteiger partial charge < -0.3 is 4.74 Å². The number of anilines is 1. The van der Waals surface area contributed by atoms with Gasteiger partial charge in [-0.3, -0.25) is 9.71 Å². The largest absolute Gasteiger partial charge is 0.480 e. The maximum absolute atomic E-state index is 15.2. The molecule has 0 atom stereocenters. The molecule has 0 radical (unpaired) electrons. The molecular formula is C20H13ClF3N3O3S. The molecule has 3 aromatic rings. The van der Waals surface area contributed by atoms with E-state index in [0.29, 0.717) is 5.56 Å². The molecule has 11 heteroatoms. The molecule has 2 heterocycles. The summed E-state index contributed by atoms with van der Waals surface area (Å²) < 4.78 is 77.2. The number of hydrogen-bond donors (Lipinski definition) is 1. The summed E-state index contributed by atoms with van der Waals surface area (Å²) in [5.74, 6) is -3.44. The fourth-order valence-electron chi connectivity index (χ4n) is 3.18. The van der Waals surface area contributed by atoms with Crippen molar-refractivity contribution < 1.29 is 26.3 Å². The zero-order valence-corrected chi connectivity index (χ0v) is 17.4. The van der Waals surface area contributed by atoms with E-state index in [9.17, 15) is 17.2 Å². The van der Waals surface area contributed by atoms with Crippen LogP contribution in [0.5, 0.6) is 5.88 Å². The Balaban J connectivity index is 1.80. The lowest BCUT2D eigenvalue weighted by atomic mass is 9.98. The summed E-state index contributed by atoms with van der Waals surface area (Å²) >= 11 is 5.82. The lowest BCUT2D eigenvalue weighted by Crippen LogP contribution is -2.16. The SMILES string of the molecule is COc1ncc(Cl)cc1S(=O)(=O)Nc1ccc(F)c(-c2ccc3c(c2F)CN=C3)c1F. The number of methoxy groups -OCH3 is 1. The summed E-state index contributed by atoms with van der Waals surface area (Å²) in [4.78, 5) is 7.25. The van der Waals surface area contributed by atoms with Crippen molar-refractivity contribution in [1.29, 1.82) is 0 Å². The van der Waals surface area contributed by atoms with Gasteiger partial charge in [-0.25, -0.2) is 26.6 Å². The highest BCUT2D eigenvalue weighted by atomic mass is 35.5. The molecule has 1 N–H and O–H groups in total. The van der Waals surface area contributed by atoms with Crippen LogP contribution < -0.4 is 9.46 Å². The van der Waals surface area contributed by atoms with Gasteiger partial charge in [0.1, 0.15) is 11.6 Å². The lowest BCUT2D eigenvalue weighted by molar-refractivity contribution is 0.385. The lowest BCUT2D eigenvalue weighted by Gasteiger charge is -2.15. The molecule has 0 saturated carbocycles. The van der Waals surface area contributed by atoms with Crippen molar-refractivity contribution in [2.45, 2.75) is 11.4 Å². The fourth-order valence-corrected chi connectivity index (χ4v) is 4.61. The minimum Gasteiger partial charge on any atom is -0.480 e. The summed E-state index contributed by atoms with van der Waals surface area (Å²) in [6.45, 7) is 0.0477. The molecule has 4 rings (SSSR count). The van der Waals surface area contributed by atoms with Gasteiger partial charge in [0.25, 0.3) is 10.0 Å². The van der Waals surface area contributed by atoms with E-state index >= 15 is 4.39 Å². The maximum Gasteiger partial charge on any atom is 0.267 e. The third-order valence-corrected chi connectivity index (χ3v) is 6.20. The number of nitrogens with zero attached hydrogens (tertiary/aromatic N) is 2. The van der Waals surface area contributed by atoms with E-state index in [-0.39, 0.29) is 28.6 Å². The van der Waals surface area contributed by atoms with Crippen LogP contribution in [0, 0.1) is 17.5 Å². The average Bonchev–Trinajstić information content (AvgIpc) is 3.21.